The van der Waals surface area contributed by atoms with Gasteiger partial charge in [0.25, 0.3) is 0 Å². The van der Waals surface area contributed by atoms with E-state index >= 15 is 0 Å². The van der Waals surface area contributed by atoms with Crippen molar-refractivity contribution in [2.75, 3.05) is 13.2 Å². The first-order chi connectivity index (χ1) is 10.4. The largest absolute Gasteiger partial charge is 0.396 e. The number of para-hydroxylation sites is 1. The molecule has 6 nitrogen and oxygen atoms in total. The van der Waals surface area contributed by atoms with E-state index in [0.29, 0.717) is 6.04 Å². The fourth-order valence-electron chi connectivity index (χ4n) is 2.67. The maximum absolute atomic E-state index is 9.07. The summed E-state index contributed by atoms with van der Waals surface area (Å²) in [5.41, 5.74) is 0.980. The highest BCUT2D eigenvalue weighted by atomic mass is 16.3. The van der Waals surface area contributed by atoms with Crippen LogP contribution >= 0.6 is 0 Å². The van der Waals surface area contributed by atoms with E-state index in [2.05, 4.69) is 20.4 Å². The fraction of sp³-hybridized carbons (Fsp3) is 0.533. The van der Waals surface area contributed by atoms with Gasteiger partial charge in [0.2, 0.25) is 0 Å². The predicted molar refractivity (Wildman–Crippen MR) is 78.9 cm³/mol. The predicted octanol–water partition coefficient (Wildman–Crippen LogP) is 1.40. The molecule has 21 heavy (non-hydrogen) atoms. The topological polar surface area (TPSA) is 67.1 Å². The van der Waals surface area contributed by atoms with Crippen LogP contribution in [0.2, 0.25) is 0 Å². The minimum Gasteiger partial charge on any atom is -0.396 e. The molecule has 1 aliphatic rings. The van der Waals surface area contributed by atoms with Crippen molar-refractivity contribution in [1.82, 2.24) is 25.1 Å². The number of tetrazole rings is 1. The minimum absolute atomic E-state index is 0.229. The van der Waals surface area contributed by atoms with Crippen molar-refractivity contribution in [3.63, 3.8) is 0 Å². The van der Waals surface area contributed by atoms with Gasteiger partial charge in [0, 0.05) is 19.2 Å². The Hall–Kier alpha value is -1.79. The molecule has 112 valence electrons. The van der Waals surface area contributed by atoms with Gasteiger partial charge in [-0.15, -0.1) is 5.10 Å². The van der Waals surface area contributed by atoms with Crippen LogP contribution in [0.15, 0.2) is 30.3 Å². The van der Waals surface area contributed by atoms with Gasteiger partial charge in [-0.05, 0) is 41.8 Å². The number of benzene rings is 1. The van der Waals surface area contributed by atoms with Crippen LogP contribution in [0.5, 0.6) is 0 Å². The average molecular weight is 287 g/mol. The fourth-order valence-corrected chi connectivity index (χ4v) is 2.67. The Morgan fingerprint density at radius 2 is 2.05 bits per heavy atom. The quantitative estimate of drug-likeness (QED) is 0.833. The zero-order chi connectivity index (χ0) is 14.5. The normalized spacial score (nSPS) is 15.3. The van der Waals surface area contributed by atoms with Crippen molar-refractivity contribution in [3.05, 3.63) is 36.2 Å². The molecule has 1 saturated carbocycles. The first-order valence-electron chi connectivity index (χ1n) is 7.56. The molecule has 0 saturated heterocycles. The third-order valence-corrected chi connectivity index (χ3v) is 4.07. The number of aliphatic hydroxyl groups excluding tert-OH is 1. The van der Waals surface area contributed by atoms with Gasteiger partial charge in [-0.1, -0.05) is 24.6 Å². The summed E-state index contributed by atoms with van der Waals surface area (Å²) in [6, 6.07) is 10.6. The maximum Gasteiger partial charge on any atom is 0.170 e. The van der Waals surface area contributed by atoms with E-state index in [-0.39, 0.29) is 6.61 Å². The van der Waals surface area contributed by atoms with Crippen LogP contribution < -0.4 is 0 Å². The van der Waals surface area contributed by atoms with Crippen molar-refractivity contribution < 1.29 is 5.11 Å². The van der Waals surface area contributed by atoms with Gasteiger partial charge in [-0.2, -0.15) is 4.68 Å². The van der Waals surface area contributed by atoms with E-state index in [9.17, 15) is 0 Å². The Morgan fingerprint density at radius 1 is 1.24 bits per heavy atom. The van der Waals surface area contributed by atoms with Crippen LogP contribution in [0.4, 0.5) is 0 Å². The van der Waals surface area contributed by atoms with Gasteiger partial charge >= 0.3 is 0 Å². The highest BCUT2D eigenvalue weighted by Gasteiger charge is 2.26. The molecule has 1 fully saturated rings. The SMILES string of the molecule is OCCCN(Cc1nnnn1-c1ccccc1)C1CCC1. The maximum atomic E-state index is 9.07. The van der Waals surface area contributed by atoms with Crippen molar-refractivity contribution in [2.24, 2.45) is 0 Å². The molecule has 0 amide bonds. The van der Waals surface area contributed by atoms with Crippen molar-refractivity contribution in [1.29, 1.82) is 0 Å². The lowest BCUT2D eigenvalue weighted by Gasteiger charge is -2.37. The summed E-state index contributed by atoms with van der Waals surface area (Å²) in [4.78, 5) is 2.39. The number of hydrogen-bond acceptors (Lipinski definition) is 5. The molecular weight excluding hydrogens is 266 g/mol. The van der Waals surface area contributed by atoms with E-state index < -0.39 is 0 Å². The van der Waals surface area contributed by atoms with Crippen LogP contribution in [-0.4, -0.2) is 49.4 Å². The summed E-state index contributed by atoms with van der Waals surface area (Å²) in [6.07, 6.45) is 4.56. The molecule has 1 aromatic heterocycles. The Morgan fingerprint density at radius 3 is 2.71 bits per heavy atom. The first-order valence-corrected chi connectivity index (χ1v) is 7.56. The number of aromatic nitrogens is 4. The van der Waals surface area contributed by atoms with Gasteiger partial charge in [0.15, 0.2) is 5.82 Å². The smallest absolute Gasteiger partial charge is 0.170 e. The standard InChI is InChI=1S/C15H21N5O/c21-11-5-10-19(13-8-4-9-13)12-15-16-17-18-20(15)14-6-2-1-3-7-14/h1-3,6-7,13,21H,4-5,8-12H2. The summed E-state index contributed by atoms with van der Waals surface area (Å²) in [7, 11) is 0. The summed E-state index contributed by atoms with van der Waals surface area (Å²) in [5.74, 6) is 0.853. The lowest BCUT2D eigenvalue weighted by atomic mass is 9.91. The summed E-state index contributed by atoms with van der Waals surface area (Å²) in [6.45, 7) is 1.85. The Kier molecular flexibility index (Phi) is 4.57. The molecular formula is C15H21N5O. The van der Waals surface area contributed by atoms with E-state index in [4.69, 9.17) is 5.11 Å². The van der Waals surface area contributed by atoms with Crippen LogP contribution in [0, 0.1) is 0 Å². The van der Waals surface area contributed by atoms with Gasteiger partial charge in [-0.25, -0.2) is 0 Å². The van der Waals surface area contributed by atoms with Crippen LogP contribution in [-0.2, 0) is 6.54 Å². The number of rotatable bonds is 7. The molecule has 0 bridgehead atoms. The van der Waals surface area contributed by atoms with E-state index in [1.165, 1.54) is 19.3 Å². The molecule has 0 spiro atoms. The monoisotopic (exact) mass is 287 g/mol. The molecule has 1 N–H and O–H groups in total. The van der Waals surface area contributed by atoms with E-state index in [1.54, 1.807) is 4.68 Å². The average Bonchev–Trinajstić information content (AvgIpc) is 2.92. The molecule has 1 aliphatic carbocycles. The third-order valence-electron chi connectivity index (χ3n) is 4.07. The lowest BCUT2D eigenvalue weighted by Crippen LogP contribution is -2.41. The second-order valence-corrected chi connectivity index (χ2v) is 5.47. The molecule has 6 heteroatoms. The molecule has 0 atom stereocenters. The second-order valence-electron chi connectivity index (χ2n) is 5.47. The zero-order valence-electron chi connectivity index (χ0n) is 12.1. The first kappa shape index (κ1) is 14.2. The number of aliphatic hydroxyl groups is 1. The Balaban J connectivity index is 1.75. The molecule has 0 aliphatic heterocycles. The Bertz CT molecular complexity index is 552. The van der Waals surface area contributed by atoms with Crippen LogP contribution in [0.3, 0.4) is 0 Å². The highest BCUT2D eigenvalue weighted by molar-refractivity contribution is 5.30. The van der Waals surface area contributed by atoms with Gasteiger partial charge < -0.3 is 5.11 Å². The van der Waals surface area contributed by atoms with Gasteiger partial charge in [0.1, 0.15) is 0 Å². The molecule has 1 heterocycles. The molecule has 2 aromatic rings. The molecule has 0 unspecified atom stereocenters. The summed E-state index contributed by atoms with van der Waals surface area (Å²) in [5, 5.41) is 21.2. The lowest BCUT2D eigenvalue weighted by molar-refractivity contribution is 0.106. The van der Waals surface area contributed by atoms with Gasteiger partial charge in [0.05, 0.1) is 12.2 Å². The molecule has 3 rings (SSSR count). The Labute approximate surface area is 124 Å². The van der Waals surface area contributed by atoms with Crippen molar-refractivity contribution >= 4 is 0 Å². The third kappa shape index (κ3) is 3.28. The van der Waals surface area contributed by atoms with Gasteiger partial charge in [-0.3, -0.25) is 4.90 Å². The van der Waals surface area contributed by atoms with Crippen LogP contribution in [0.25, 0.3) is 5.69 Å². The van der Waals surface area contributed by atoms with Crippen molar-refractivity contribution in [3.8, 4) is 5.69 Å². The number of hydrogen-bond donors (Lipinski definition) is 1. The summed E-state index contributed by atoms with van der Waals surface area (Å²) >= 11 is 0. The molecule has 1 aromatic carbocycles. The van der Waals surface area contributed by atoms with E-state index in [1.807, 2.05) is 30.3 Å². The zero-order valence-corrected chi connectivity index (χ0v) is 12.1. The molecule has 0 radical (unpaired) electrons. The van der Waals surface area contributed by atoms with Crippen molar-refractivity contribution in [2.45, 2.75) is 38.3 Å². The number of nitrogens with zero attached hydrogens (tertiary/aromatic N) is 5. The van der Waals surface area contributed by atoms with E-state index in [0.717, 1.165) is 31.0 Å². The second kappa shape index (κ2) is 6.78. The minimum atomic E-state index is 0.229. The highest BCUT2D eigenvalue weighted by Crippen LogP contribution is 2.26. The summed E-state index contributed by atoms with van der Waals surface area (Å²) < 4.78 is 1.80. The van der Waals surface area contributed by atoms with Crippen LogP contribution in [0.1, 0.15) is 31.5 Å².